The molecule has 4 nitrogen and oxygen atoms in total. The number of benzene rings is 1. The van der Waals surface area contributed by atoms with Crippen LogP contribution < -0.4 is 0 Å². The smallest absolute Gasteiger partial charge is 0.354 e. The monoisotopic (exact) mass is 258 g/mol. The molecule has 2 rings (SSSR count). The summed E-state index contributed by atoms with van der Waals surface area (Å²) in [7, 11) is 0. The third-order valence-corrected chi connectivity index (χ3v) is 2.84. The van der Waals surface area contributed by atoms with Crippen LogP contribution in [-0.4, -0.2) is 20.9 Å². The Morgan fingerprint density at radius 2 is 2.00 bits per heavy atom. The van der Waals surface area contributed by atoms with E-state index in [1.807, 2.05) is 30.3 Å². The van der Waals surface area contributed by atoms with Crippen LogP contribution in [0.1, 0.15) is 35.6 Å². The molecule has 4 heteroatoms. The van der Waals surface area contributed by atoms with Crippen molar-refractivity contribution in [2.75, 3.05) is 0 Å². The number of rotatable bonds is 5. The number of carboxylic acids is 1. The highest BCUT2D eigenvalue weighted by Crippen LogP contribution is 2.12. The lowest BCUT2D eigenvalue weighted by Gasteiger charge is -2.04. The molecule has 1 aromatic carbocycles. The second kappa shape index (κ2) is 5.69. The van der Waals surface area contributed by atoms with Crippen LogP contribution in [0.4, 0.5) is 0 Å². The number of aromatic carboxylic acids is 1. The number of nitrogens with zero attached hydrogens (tertiary/aromatic N) is 2. The van der Waals surface area contributed by atoms with E-state index >= 15 is 0 Å². The maximum absolute atomic E-state index is 11.3. The SMILES string of the molecule is CC(C)Cc1cc(C(=O)O)n(Cc2ccccc2)n1. The summed E-state index contributed by atoms with van der Waals surface area (Å²) in [6.07, 6.45) is 0.794. The molecule has 0 aliphatic heterocycles. The number of carboxylic acid groups (broad SMARTS) is 1. The van der Waals surface area contributed by atoms with E-state index in [1.54, 1.807) is 10.7 Å². The van der Waals surface area contributed by atoms with Crippen molar-refractivity contribution >= 4 is 5.97 Å². The van der Waals surface area contributed by atoms with Crippen molar-refractivity contribution < 1.29 is 9.90 Å². The first-order chi connectivity index (χ1) is 9.06. The molecular formula is C15H18N2O2. The highest BCUT2D eigenvalue weighted by Gasteiger charge is 2.15. The van der Waals surface area contributed by atoms with Crippen LogP contribution in [0.3, 0.4) is 0 Å². The number of carbonyl (C=O) groups is 1. The van der Waals surface area contributed by atoms with Crippen molar-refractivity contribution in [1.29, 1.82) is 0 Å². The molecule has 0 saturated heterocycles. The fraction of sp³-hybridized carbons (Fsp3) is 0.333. The molecule has 0 aliphatic carbocycles. The maximum Gasteiger partial charge on any atom is 0.354 e. The Bertz CT molecular complexity index is 559. The van der Waals surface area contributed by atoms with Crippen LogP contribution >= 0.6 is 0 Å². The lowest BCUT2D eigenvalue weighted by atomic mass is 10.1. The van der Waals surface area contributed by atoms with Crippen molar-refractivity contribution in [2.24, 2.45) is 5.92 Å². The minimum atomic E-state index is -0.932. The molecule has 0 amide bonds. The van der Waals surface area contributed by atoms with Crippen molar-refractivity contribution in [1.82, 2.24) is 9.78 Å². The van der Waals surface area contributed by atoms with Crippen LogP contribution in [-0.2, 0) is 13.0 Å². The Kier molecular flexibility index (Phi) is 4.00. The number of aromatic nitrogens is 2. The van der Waals surface area contributed by atoms with E-state index in [4.69, 9.17) is 0 Å². The van der Waals surface area contributed by atoms with E-state index in [1.165, 1.54) is 0 Å². The van der Waals surface area contributed by atoms with Crippen LogP contribution in [0.15, 0.2) is 36.4 Å². The van der Waals surface area contributed by atoms with Gasteiger partial charge < -0.3 is 5.11 Å². The van der Waals surface area contributed by atoms with E-state index in [9.17, 15) is 9.90 Å². The van der Waals surface area contributed by atoms with Crippen molar-refractivity contribution in [3.8, 4) is 0 Å². The van der Waals surface area contributed by atoms with Gasteiger partial charge in [0, 0.05) is 0 Å². The second-order valence-corrected chi connectivity index (χ2v) is 5.07. The van der Waals surface area contributed by atoms with Gasteiger partial charge in [0.25, 0.3) is 0 Å². The molecule has 1 N–H and O–H groups in total. The van der Waals surface area contributed by atoms with Crippen molar-refractivity contribution in [2.45, 2.75) is 26.8 Å². The van der Waals surface area contributed by atoms with Gasteiger partial charge in [-0.05, 0) is 24.0 Å². The minimum absolute atomic E-state index is 0.250. The fourth-order valence-electron chi connectivity index (χ4n) is 2.04. The van der Waals surface area contributed by atoms with Gasteiger partial charge in [0.1, 0.15) is 5.69 Å². The van der Waals surface area contributed by atoms with Gasteiger partial charge >= 0.3 is 5.97 Å². The molecule has 0 aliphatic rings. The Balaban J connectivity index is 2.27. The fourth-order valence-corrected chi connectivity index (χ4v) is 2.04. The highest BCUT2D eigenvalue weighted by atomic mass is 16.4. The van der Waals surface area contributed by atoms with Gasteiger partial charge in [-0.2, -0.15) is 5.10 Å². The van der Waals surface area contributed by atoms with Gasteiger partial charge in [-0.3, -0.25) is 4.68 Å². The average molecular weight is 258 g/mol. The molecular weight excluding hydrogens is 240 g/mol. The van der Waals surface area contributed by atoms with E-state index < -0.39 is 5.97 Å². The quantitative estimate of drug-likeness (QED) is 0.897. The van der Waals surface area contributed by atoms with Crippen molar-refractivity contribution in [3.63, 3.8) is 0 Å². The third-order valence-electron chi connectivity index (χ3n) is 2.84. The van der Waals surface area contributed by atoms with Gasteiger partial charge in [0.2, 0.25) is 0 Å². The van der Waals surface area contributed by atoms with E-state index in [0.717, 1.165) is 17.7 Å². The van der Waals surface area contributed by atoms with Crippen LogP contribution in [0, 0.1) is 5.92 Å². The topological polar surface area (TPSA) is 55.1 Å². The highest BCUT2D eigenvalue weighted by molar-refractivity contribution is 5.85. The predicted octanol–water partition coefficient (Wildman–Crippen LogP) is 2.83. The van der Waals surface area contributed by atoms with Gasteiger partial charge in [0.05, 0.1) is 12.2 Å². The first kappa shape index (κ1) is 13.3. The summed E-state index contributed by atoms with van der Waals surface area (Å²) in [5.41, 5.74) is 2.13. The summed E-state index contributed by atoms with van der Waals surface area (Å²) in [6.45, 7) is 4.67. The minimum Gasteiger partial charge on any atom is -0.477 e. The molecule has 1 heterocycles. The number of hydrogen-bond acceptors (Lipinski definition) is 2. The van der Waals surface area contributed by atoms with Gasteiger partial charge in [-0.15, -0.1) is 0 Å². The lowest BCUT2D eigenvalue weighted by Crippen LogP contribution is -2.11. The van der Waals surface area contributed by atoms with Crippen LogP contribution in [0.5, 0.6) is 0 Å². The molecule has 0 bridgehead atoms. The maximum atomic E-state index is 11.3. The summed E-state index contributed by atoms with van der Waals surface area (Å²) in [5.74, 6) is -0.472. The normalized spacial score (nSPS) is 10.9. The zero-order valence-corrected chi connectivity index (χ0v) is 11.2. The average Bonchev–Trinajstić information content (AvgIpc) is 2.72. The van der Waals surface area contributed by atoms with E-state index in [2.05, 4.69) is 18.9 Å². The zero-order valence-electron chi connectivity index (χ0n) is 11.2. The zero-order chi connectivity index (χ0) is 13.8. The lowest BCUT2D eigenvalue weighted by molar-refractivity contribution is 0.0684. The molecule has 0 radical (unpaired) electrons. The molecule has 0 unspecified atom stereocenters. The molecule has 0 atom stereocenters. The Morgan fingerprint density at radius 1 is 1.32 bits per heavy atom. The summed E-state index contributed by atoms with van der Waals surface area (Å²) in [6, 6.07) is 11.4. The van der Waals surface area contributed by atoms with Gasteiger partial charge in [0.15, 0.2) is 0 Å². The predicted molar refractivity (Wildman–Crippen MR) is 73.3 cm³/mol. The summed E-state index contributed by atoms with van der Waals surface area (Å²) in [4.78, 5) is 11.3. The Hall–Kier alpha value is -2.10. The van der Waals surface area contributed by atoms with Gasteiger partial charge in [-0.1, -0.05) is 44.2 Å². The van der Waals surface area contributed by atoms with Crippen molar-refractivity contribution in [3.05, 3.63) is 53.3 Å². The molecule has 100 valence electrons. The summed E-state index contributed by atoms with van der Waals surface area (Å²) < 4.78 is 1.56. The Morgan fingerprint density at radius 3 is 2.58 bits per heavy atom. The molecule has 19 heavy (non-hydrogen) atoms. The van der Waals surface area contributed by atoms with E-state index in [0.29, 0.717) is 12.5 Å². The first-order valence-corrected chi connectivity index (χ1v) is 6.40. The largest absolute Gasteiger partial charge is 0.477 e. The van der Waals surface area contributed by atoms with Crippen LogP contribution in [0.2, 0.25) is 0 Å². The molecule has 2 aromatic rings. The second-order valence-electron chi connectivity index (χ2n) is 5.07. The standard InChI is InChI=1S/C15H18N2O2/c1-11(2)8-13-9-14(15(18)19)17(16-13)10-12-6-4-3-5-7-12/h3-7,9,11H,8,10H2,1-2H3,(H,18,19). The van der Waals surface area contributed by atoms with Gasteiger partial charge in [-0.25, -0.2) is 4.79 Å². The third kappa shape index (κ3) is 3.44. The summed E-state index contributed by atoms with van der Waals surface area (Å²) in [5, 5.41) is 13.6. The first-order valence-electron chi connectivity index (χ1n) is 6.40. The Labute approximate surface area is 112 Å². The summed E-state index contributed by atoms with van der Waals surface area (Å²) >= 11 is 0. The molecule has 0 spiro atoms. The van der Waals surface area contributed by atoms with E-state index in [-0.39, 0.29) is 5.69 Å². The number of hydrogen-bond donors (Lipinski definition) is 1. The molecule has 1 aromatic heterocycles. The molecule has 0 saturated carbocycles. The molecule has 0 fully saturated rings. The van der Waals surface area contributed by atoms with Crippen LogP contribution in [0.25, 0.3) is 0 Å².